The molecule has 3 fully saturated rings. The molecule has 0 N–H and O–H groups in total. The topological polar surface area (TPSA) is 58.6 Å². The highest BCUT2D eigenvalue weighted by atomic mass is 32.1. The third-order valence-corrected chi connectivity index (χ3v) is 6.28. The van der Waals surface area contributed by atoms with Gasteiger partial charge in [0, 0.05) is 32.2 Å². The Labute approximate surface area is 157 Å². The lowest BCUT2D eigenvalue weighted by atomic mass is 9.95. The number of hydrogen-bond donors (Lipinski definition) is 0. The second kappa shape index (κ2) is 7.32. The number of amides is 1. The van der Waals surface area contributed by atoms with Crippen molar-refractivity contribution in [2.45, 2.75) is 32.4 Å². The lowest BCUT2D eigenvalue weighted by Crippen LogP contribution is -2.47. The number of piperidine rings is 1. The third-order valence-electron chi connectivity index (χ3n) is 5.46. The highest BCUT2D eigenvalue weighted by Crippen LogP contribution is 2.31. The molecule has 2 atom stereocenters. The largest absolute Gasteiger partial charge is 0.497 e. The van der Waals surface area contributed by atoms with Gasteiger partial charge in [-0.1, -0.05) is 16.6 Å². The van der Waals surface area contributed by atoms with E-state index in [2.05, 4.69) is 31.5 Å². The molecule has 2 bridgehead atoms. The fourth-order valence-electron chi connectivity index (χ4n) is 4.10. The maximum absolute atomic E-state index is 13.0. The summed E-state index contributed by atoms with van der Waals surface area (Å²) in [6, 6.07) is 8.55. The summed E-state index contributed by atoms with van der Waals surface area (Å²) in [6.45, 7) is 5.61. The molecular weight excluding hydrogens is 348 g/mol. The molecule has 0 unspecified atom stereocenters. The molecule has 1 aromatic heterocycles. The van der Waals surface area contributed by atoms with Gasteiger partial charge in [-0.3, -0.25) is 9.69 Å². The maximum atomic E-state index is 13.0. The van der Waals surface area contributed by atoms with E-state index in [1.54, 1.807) is 7.11 Å². The first-order valence-electron chi connectivity index (χ1n) is 9.09. The van der Waals surface area contributed by atoms with Crippen LogP contribution in [0.3, 0.4) is 0 Å². The van der Waals surface area contributed by atoms with Crippen LogP contribution in [0, 0.1) is 12.8 Å². The van der Waals surface area contributed by atoms with Gasteiger partial charge in [0.1, 0.15) is 10.6 Å². The average molecular weight is 372 g/mol. The van der Waals surface area contributed by atoms with E-state index >= 15 is 0 Å². The normalized spacial score (nSPS) is 23.1. The number of fused-ring (bicyclic) bond motifs is 4. The predicted octanol–water partition coefficient (Wildman–Crippen LogP) is 2.59. The van der Waals surface area contributed by atoms with Crippen molar-refractivity contribution in [3.05, 3.63) is 40.4 Å². The SMILES string of the molecule is COc1ccc(CN2C[C@@H]3CC[C@H](C2)N(C(=O)c2snnc2C)C3)cc1. The van der Waals surface area contributed by atoms with Crippen LogP contribution in [0.25, 0.3) is 0 Å². The number of hydrogen-bond acceptors (Lipinski definition) is 6. The van der Waals surface area contributed by atoms with Crippen LogP contribution >= 0.6 is 11.5 Å². The smallest absolute Gasteiger partial charge is 0.267 e. The lowest BCUT2D eigenvalue weighted by molar-refractivity contribution is 0.0589. The Hall–Kier alpha value is -1.99. The predicted molar refractivity (Wildman–Crippen MR) is 100 cm³/mol. The summed E-state index contributed by atoms with van der Waals surface area (Å²) in [7, 11) is 1.69. The van der Waals surface area contributed by atoms with Gasteiger partial charge in [0.05, 0.1) is 12.8 Å². The van der Waals surface area contributed by atoms with E-state index in [0.717, 1.165) is 44.0 Å². The van der Waals surface area contributed by atoms with Crippen LogP contribution in [-0.2, 0) is 6.54 Å². The Bertz CT molecular complexity index is 776. The molecule has 1 amide bonds. The summed E-state index contributed by atoms with van der Waals surface area (Å²) in [6.07, 6.45) is 2.29. The number of carbonyl (C=O) groups excluding carboxylic acids is 1. The van der Waals surface area contributed by atoms with E-state index in [-0.39, 0.29) is 11.9 Å². The number of benzene rings is 1. The van der Waals surface area contributed by atoms with Crippen LogP contribution < -0.4 is 4.74 Å². The van der Waals surface area contributed by atoms with Crippen molar-refractivity contribution in [2.24, 2.45) is 5.92 Å². The van der Waals surface area contributed by atoms with Gasteiger partial charge in [0.2, 0.25) is 0 Å². The van der Waals surface area contributed by atoms with E-state index in [1.807, 2.05) is 19.1 Å². The van der Waals surface area contributed by atoms with Gasteiger partial charge in [-0.2, -0.15) is 0 Å². The summed E-state index contributed by atoms with van der Waals surface area (Å²) in [5.41, 5.74) is 2.03. The van der Waals surface area contributed by atoms with Gasteiger partial charge in [-0.25, -0.2) is 0 Å². The average Bonchev–Trinajstić information content (AvgIpc) is 2.89. The van der Waals surface area contributed by atoms with Crippen molar-refractivity contribution >= 4 is 17.4 Å². The second-order valence-corrected chi connectivity index (χ2v) is 8.04. The number of rotatable bonds is 4. The van der Waals surface area contributed by atoms with Gasteiger partial charge < -0.3 is 9.64 Å². The molecule has 1 aromatic carbocycles. The Balaban J connectivity index is 1.47. The van der Waals surface area contributed by atoms with Gasteiger partial charge in [-0.15, -0.1) is 5.10 Å². The molecule has 26 heavy (non-hydrogen) atoms. The Morgan fingerprint density at radius 2 is 2.04 bits per heavy atom. The number of aromatic nitrogens is 2. The zero-order valence-electron chi connectivity index (χ0n) is 15.2. The number of carbonyl (C=O) groups is 1. The van der Waals surface area contributed by atoms with Gasteiger partial charge in [0.15, 0.2) is 0 Å². The highest BCUT2D eigenvalue weighted by molar-refractivity contribution is 7.07. The minimum Gasteiger partial charge on any atom is -0.497 e. The summed E-state index contributed by atoms with van der Waals surface area (Å²) in [5.74, 6) is 1.53. The molecule has 7 heteroatoms. The number of methoxy groups -OCH3 is 1. The fourth-order valence-corrected chi connectivity index (χ4v) is 4.72. The van der Waals surface area contributed by atoms with Crippen LogP contribution in [0.2, 0.25) is 0 Å². The first kappa shape index (κ1) is 17.4. The minimum atomic E-state index is 0.110. The zero-order valence-corrected chi connectivity index (χ0v) is 16.0. The Morgan fingerprint density at radius 3 is 2.73 bits per heavy atom. The zero-order chi connectivity index (χ0) is 18.1. The molecule has 138 valence electrons. The molecule has 6 nitrogen and oxygen atoms in total. The summed E-state index contributed by atoms with van der Waals surface area (Å²) < 4.78 is 9.17. The fraction of sp³-hybridized carbons (Fsp3) is 0.526. The maximum Gasteiger partial charge on any atom is 0.267 e. The van der Waals surface area contributed by atoms with Crippen LogP contribution in [-0.4, -0.2) is 58.1 Å². The van der Waals surface area contributed by atoms with Crippen molar-refractivity contribution in [1.29, 1.82) is 0 Å². The summed E-state index contributed by atoms with van der Waals surface area (Å²) in [4.78, 5) is 18.2. The molecular formula is C19H24N4O2S. The van der Waals surface area contributed by atoms with Crippen LogP contribution in [0.15, 0.2) is 24.3 Å². The van der Waals surface area contributed by atoms with E-state index in [0.29, 0.717) is 10.8 Å². The molecule has 3 aliphatic rings. The van der Waals surface area contributed by atoms with Crippen LogP contribution in [0.1, 0.15) is 33.8 Å². The Morgan fingerprint density at radius 1 is 1.23 bits per heavy atom. The van der Waals surface area contributed by atoms with Crippen molar-refractivity contribution in [3.63, 3.8) is 0 Å². The number of nitrogens with zero attached hydrogens (tertiary/aromatic N) is 4. The molecule has 3 aliphatic heterocycles. The standard InChI is InChI=1S/C19H24N4O2S/c1-13-18(26-21-20-13)19(24)23-11-15-3-6-16(23)12-22(10-15)9-14-4-7-17(25-2)8-5-14/h4-5,7-8,15-16H,3,6,9-12H2,1-2H3/t15-,16+/m0/s1. The molecule has 0 spiro atoms. The number of aryl methyl sites for hydroxylation is 1. The minimum absolute atomic E-state index is 0.110. The third kappa shape index (κ3) is 3.46. The molecule has 0 radical (unpaired) electrons. The summed E-state index contributed by atoms with van der Waals surface area (Å²) >= 11 is 1.21. The highest BCUT2D eigenvalue weighted by Gasteiger charge is 2.38. The van der Waals surface area contributed by atoms with Crippen molar-refractivity contribution < 1.29 is 9.53 Å². The van der Waals surface area contributed by atoms with Gasteiger partial charge in [0.25, 0.3) is 5.91 Å². The first-order valence-corrected chi connectivity index (χ1v) is 9.86. The van der Waals surface area contributed by atoms with E-state index < -0.39 is 0 Å². The lowest BCUT2D eigenvalue weighted by Gasteiger charge is -2.36. The van der Waals surface area contributed by atoms with Crippen LogP contribution in [0.5, 0.6) is 5.75 Å². The van der Waals surface area contributed by atoms with Crippen molar-refractivity contribution in [3.8, 4) is 5.75 Å². The van der Waals surface area contributed by atoms with Gasteiger partial charge >= 0.3 is 0 Å². The quantitative estimate of drug-likeness (QED) is 0.826. The van der Waals surface area contributed by atoms with Gasteiger partial charge in [-0.05, 0) is 54.9 Å². The first-order chi connectivity index (χ1) is 12.6. The molecule has 0 saturated carbocycles. The molecule has 0 aliphatic carbocycles. The van der Waals surface area contributed by atoms with E-state index in [4.69, 9.17) is 4.74 Å². The molecule has 4 heterocycles. The molecule has 3 saturated heterocycles. The van der Waals surface area contributed by atoms with Crippen molar-refractivity contribution in [2.75, 3.05) is 26.7 Å². The van der Waals surface area contributed by atoms with E-state index in [9.17, 15) is 4.79 Å². The summed E-state index contributed by atoms with van der Waals surface area (Å²) in [5, 5.41) is 4.00. The number of ether oxygens (including phenoxy) is 1. The van der Waals surface area contributed by atoms with Crippen molar-refractivity contribution in [1.82, 2.24) is 19.4 Å². The van der Waals surface area contributed by atoms with Crippen LogP contribution in [0.4, 0.5) is 0 Å². The second-order valence-electron chi connectivity index (χ2n) is 7.28. The molecule has 5 rings (SSSR count). The Kier molecular flexibility index (Phi) is 4.91. The van der Waals surface area contributed by atoms with E-state index in [1.165, 1.54) is 23.5 Å². The molecule has 2 aromatic rings. The monoisotopic (exact) mass is 372 g/mol.